The van der Waals surface area contributed by atoms with Crippen LogP contribution >= 0.6 is 0 Å². The maximum absolute atomic E-state index is 12.3. The van der Waals surface area contributed by atoms with Crippen molar-refractivity contribution in [3.63, 3.8) is 0 Å². The van der Waals surface area contributed by atoms with Gasteiger partial charge >= 0.3 is 0 Å². The number of piperazine rings is 2. The third-order valence-corrected chi connectivity index (χ3v) is 7.76. The van der Waals surface area contributed by atoms with Crippen LogP contribution in [0.5, 0.6) is 0 Å². The molecule has 0 aromatic heterocycles. The Morgan fingerprint density at radius 3 is 1.33 bits per heavy atom. The molecule has 2 heterocycles. The number of hydrogen-bond acceptors (Lipinski definition) is 11. The summed E-state index contributed by atoms with van der Waals surface area (Å²) in [7, 11) is 0. The molecule has 0 saturated carbocycles. The number of aliphatic hydroxyl groups is 1. The van der Waals surface area contributed by atoms with Crippen molar-refractivity contribution in [2.75, 3.05) is 72.8 Å². The van der Waals surface area contributed by atoms with Gasteiger partial charge in [-0.15, -0.1) is 0 Å². The highest BCUT2D eigenvalue weighted by molar-refractivity contribution is 5.84. The third-order valence-electron chi connectivity index (χ3n) is 7.76. The standard InChI is InChI=1S/C29H44N8O5/c1-28(2,3)19-15-21(25(23(17-19)36(39)40)34-11-7-30-8-12-34)32-27(38)33-22-16-20(29(4,5)6)18-24(37(41)42)26(22)35-13-9-31-10-14-35/h15-18,27,30-33,38H,7-14H2,1-6H3. The van der Waals surface area contributed by atoms with Crippen molar-refractivity contribution in [2.45, 2.75) is 58.7 Å². The number of nitro benzene ring substituents is 2. The smallest absolute Gasteiger partial charge is 0.294 e. The zero-order valence-electron chi connectivity index (χ0n) is 25.4. The second-order valence-corrected chi connectivity index (χ2v) is 13.0. The molecule has 0 aliphatic carbocycles. The summed E-state index contributed by atoms with van der Waals surface area (Å²) in [5, 5.41) is 48.7. The van der Waals surface area contributed by atoms with E-state index in [1.54, 1.807) is 12.1 Å². The first-order chi connectivity index (χ1) is 19.7. The Morgan fingerprint density at radius 1 is 0.714 bits per heavy atom. The predicted octanol–water partition coefficient (Wildman–Crippen LogP) is 3.72. The van der Waals surface area contributed by atoms with Gasteiger partial charge in [0.2, 0.25) is 6.35 Å². The van der Waals surface area contributed by atoms with Crippen LogP contribution in [0.3, 0.4) is 0 Å². The maximum atomic E-state index is 12.3. The molecular formula is C29H44N8O5. The van der Waals surface area contributed by atoms with Gasteiger partial charge in [0.1, 0.15) is 11.4 Å². The van der Waals surface area contributed by atoms with E-state index in [0.29, 0.717) is 75.1 Å². The highest BCUT2D eigenvalue weighted by Gasteiger charge is 2.32. The van der Waals surface area contributed by atoms with E-state index >= 15 is 0 Å². The maximum Gasteiger partial charge on any atom is 0.294 e. The van der Waals surface area contributed by atoms with Gasteiger partial charge in [0.15, 0.2) is 0 Å². The molecule has 42 heavy (non-hydrogen) atoms. The van der Waals surface area contributed by atoms with E-state index in [2.05, 4.69) is 21.3 Å². The van der Waals surface area contributed by atoms with Crippen molar-refractivity contribution in [2.24, 2.45) is 0 Å². The predicted molar refractivity (Wildman–Crippen MR) is 167 cm³/mol. The van der Waals surface area contributed by atoms with Crippen LogP contribution < -0.4 is 31.1 Å². The number of aliphatic hydroxyl groups excluding tert-OH is 1. The van der Waals surface area contributed by atoms with Crippen molar-refractivity contribution in [3.05, 3.63) is 55.6 Å². The molecule has 13 heteroatoms. The van der Waals surface area contributed by atoms with E-state index < -0.39 is 17.2 Å². The highest BCUT2D eigenvalue weighted by Crippen LogP contribution is 2.43. The highest BCUT2D eigenvalue weighted by atomic mass is 16.6. The van der Waals surface area contributed by atoms with Crippen LogP contribution in [-0.2, 0) is 10.8 Å². The Balaban J connectivity index is 1.80. The second-order valence-electron chi connectivity index (χ2n) is 13.0. The molecule has 2 saturated heterocycles. The second kappa shape index (κ2) is 12.3. The van der Waals surface area contributed by atoms with E-state index in [0.717, 1.165) is 11.1 Å². The molecule has 0 atom stereocenters. The van der Waals surface area contributed by atoms with Gasteiger partial charge in [-0.3, -0.25) is 20.2 Å². The monoisotopic (exact) mass is 584 g/mol. The number of benzene rings is 2. The summed E-state index contributed by atoms with van der Waals surface area (Å²) in [5.41, 5.74) is 2.29. The first-order valence-corrected chi connectivity index (χ1v) is 14.4. The lowest BCUT2D eigenvalue weighted by Crippen LogP contribution is -2.44. The summed E-state index contributed by atoms with van der Waals surface area (Å²) < 4.78 is 0. The van der Waals surface area contributed by atoms with Gasteiger partial charge in [-0.25, -0.2) is 0 Å². The minimum atomic E-state index is -1.40. The first kappa shape index (κ1) is 31.3. The fourth-order valence-electron chi connectivity index (χ4n) is 5.37. The quantitative estimate of drug-likeness (QED) is 0.175. The molecule has 0 spiro atoms. The van der Waals surface area contributed by atoms with Crippen LogP contribution in [0.15, 0.2) is 24.3 Å². The Hall–Kier alpha value is -3.68. The molecule has 0 unspecified atom stereocenters. The molecule has 0 bridgehead atoms. The Labute approximate surface area is 247 Å². The van der Waals surface area contributed by atoms with Crippen LogP contribution in [0, 0.1) is 20.2 Å². The summed E-state index contributed by atoms with van der Waals surface area (Å²) >= 11 is 0. The van der Waals surface area contributed by atoms with Gasteiger partial charge in [-0.05, 0) is 34.1 Å². The molecule has 2 fully saturated rings. The number of nitro groups is 2. The fourth-order valence-corrected chi connectivity index (χ4v) is 5.37. The average Bonchev–Trinajstić information content (AvgIpc) is 2.92. The fraction of sp³-hybridized carbons (Fsp3) is 0.586. The van der Waals surface area contributed by atoms with Gasteiger partial charge in [-0.1, -0.05) is 41.5 Å². The van der Waals surface area contributed by atoms with Crippen LogP contribution in [0.2, 0.25) is 0 Å². The lowest BCUT2D eigenvalue weighted by atomic mass is 9.86. The number of anilines is 4. The Bertz CT molecular complexity index is 1210. The molecule has 2 aromatic rings. The molecule has 230 valence electrons. The molecule has 2 aliphatic rings. The van der Waals surface area contributed by atoms with Gasteiger partial charge in [0, 0.05) is 64.5 Å². The zero-order valence-corrected chi connectivity index (χ0v) is 25.4. The van der Waals surface area contributed by atoms with Gasteiger partial charge in [-0.2, -0.15) is 0 Å². The molecule has 13 nitrogen and oxygen atoms in total. The van der Waals surface area contributed by atoms with Crippen molar-refractivity contribution < 1.29 is 15.0 Å². The summed E-state index contributed by atoms with van der Waals surface area (Å²) in [6, 6.07) is 6.92. The molecular weight excluding hydrogens is 540 g/mol. The molecule has 5 N–H and O–H groups in total. The lowest BCUT2D eigenvalue weighted by molar-refractivity contribution is -0.384. The summed E-state index contributed by atoms with van der Waals surface area (Å²) in [6.45, 7) is 16.9. The van der Waals surface area contributed by atoms with E-state index in [9.17, 15) is 25.3 Å². The average molecular weight is 585 g/mol. The van der Waals surface area contributed by atoms with Crippen molar-refractivity contribution in [1.82, 2.24) is 10.6 Å². The van der Waals surface area contributed by atoms with Gasteiger partial charge < -0.3 is 36.2 Å². The molecule has 0 amide bonds. The number of rotatable bonds is 8. The summed E-state index contributed by atoms with van der Waals surface area (Å²) in [6.07, 6.45) is -1.40. The lowest BCUT2D eigenvalue weighted by Gasteiger charge is -2.34. The minimum absolute atomic E-state index is 0.0362. The van der Waals surface area contributed by atoms with Crippen LogP contribution in [0.4, 0.5) is 34.1 Å². The van der Waals surface area contributed by atoms with Crippen LogP contribution in [0.1, 0.15) is 52.7 Å². The SMILES string of the molecule is CC(C)(C)c1cc(NC(O)Nc2cc(C(C)(C)C)cc([N+](=O)[O-])c2N2CCNCC2)c(N2CCNCC2)c([N+](=O)[O-])c1. The number of hydrogen-bond donors (Lipinski definition) is 5. The zero-order chi connectivity index (χ0) is 30.8. The summed E-state index contributed by atoms with van der Waals surface area (Å²) in [4.78, 5) is 27.8. The van der Waals surface area contributed by atoms with Crippen molar-refractivity contribution >= 4 is 34.1 Å². The van der Waals surface area contributed by atoms with Crippen molar-refractivity contribution in [1.29, 1.82) is 0 Å². The Morgan fingerprint density at radius 2 is 1.05 bits per heavy atom. The normalized spacial score (nSPS) is 16.5. The van der Waals surface area contributed by atoms with Gasteiger partial charge in [0.05, 0.1) is 21.2 Å². The molecule has 0 radical (unpaired) electrons. The molecule has 2 aliphatic heterocycles. The number of nitrogens with one attached hydrogen (secondary N) is 4. The van der Waals surface area contributed by atoms with E-state index in [1.807, 2.05) is 63.5 Å². The van der Waals surface area contributed by atoms with Gasteiger partial charge in [0.25, 0.3) is 11.4 Å². The van der Waals surface area contributed by atoms with Crippen molar-refractivity contribution in [3.8, 4) is 0 Å². The topological polar surface area (TPSA) is 161 Å². The minimum Gasteiger partial charge on any atom is -0.362 e. The van der Waals surface area contributed by atoms with E-state index in [4.69, 9.17) is 0 Å². The molecule has 4 rings (SSSR count). The summed E-state index contributed by atoms with van der Waals surface area (Å²) in [5.74, 6) is 0. The first-order valence-electron chi connectivity index (χ1n) is 14.4. The number of nitrogens with zero attached hydrogens (tertiary/aromatic N) is 4. The Kier molecular flexibility index (Phi) is 9.14. The van der Waals surface area contributed by atoms with Crippen LogP contribution in [0.25, 0.3) is 0 Å². The van der Waals surface area contributed by atoms with E-state index in [-0.39, 0.29) is 21.2 Å². The third kappa shape index (κ3) is 7.02. The molecule has 2 aromatic carbocycles. The van der Waals surface area contributed by atoms with E-state index in [1.165, 1.54) is 0 Å². The largest absolute Gasteiger partial charge is 0.362 e. The van der Waals surface area contributed by atoms with Crippen LogP contribution in [-0.4, -0.2) is 73.7 Å².